The first-order chi connectivity index (χ1) is 15.7. The van der Waals surface area contributed by atoms with Gasteiger partial charge in [0, 0.05) is 13.1 Å². The summed E-state index contributed by atoms with van der Waals surface area (Å²) in [4.78, 5) is 16.7. The van der Waals surface area contributed by atoms with Gasteiger partial charge in [-0.05, 0) is 72.9 Å². The zero-order chi connectivity index (χ0) is 21.9. The predicted molar refractivity (Wildman–Crippen MR) is 130 cm³/mol. The Labute approximate surface area is 193 Å². The van der Waals surface area contributed by atoms with E-state index in [4.69, 9.17) is 5.10 Å². The Hall–Kier alpha value is -3.18. The number of aryl methyl sites for hydroxylation is 1. The largest absolute Gasteiger partial charge is 0.337 e. The highest BCUT2D eigenvalue weighted by Gasteiger charge is 2.27. The van der Waals surface area contributed by atoms with Crippen LogP contribution in [0, 0.1) is 12.8 Å². The maximum Gasteiger partial charge on any atom is 0.272 e. The molecule has 0 unspecified atom stereocenters. The highest BCUT2D eigenvalue weighted by Crippen LogP contribution is 2.28. The number of hydrogen-bond donors (Lipinski definition) is 0. The third kappa shape index (κ3) is 4.39. The first-order valence-corrected chi connectivity index (χ1v) is 12.1. The van der Waals surface area contributed by atoms with Crippen LogP contribution in [0.4, 0.5) is 0 Å². The number of thiophene rings is 1. The van der Waals surface area contributed by atoms with Crippen LogP contribution >= 0.6 is 11.3 Å². The molecule has 1 aliphatic rings. The first kappa shape index (κ1) is 20.7. The number of aromatic nitrogens is 2. The highest BCUT2D eigenvalue weighted by molar-refractivity contribution is 7.13. The van der Waals surface area contributed by atoms with Gasteiger partial charge in [0.05, 0.1) is 10.6 Å². The summed E-state index contributed by atoms with van der Waals surface area (Å²) in [6.07, 6.45) is 3.17. The van der Waals surface area contributed by atoms with Gasteiger partial charge in [0.2, 0.25) is 0 Å². The molecule has 0 spiro atoms. The average Bonchev–Trinajstić information content (AvgIpc) is 3.50. The number of amides is 1. The van der Waals surface area contributed by atoms with Crippen LogP contribution < -0.4 is 0 Å². The monoisotopic (exact) mass is 441 g/mol. The van der Waals surface area contributed by atoms with Crippen LogP contribution in [-0.4, -0.2) is 33.7 Å². The van der Waals surface area contributed by atoms with E-state index in [-0.39, 0.29) is 5.91 Å². The van der Waals surface area contributed by atoms with Crippen molar-refractivity contribution in [3.63, 3.8) is 0 Å². The van der Waals surface area contributed by atoms with Gasteiger partial charge in [-0.2, -0.15) is 5.10 Å². The molecule has 0 atom stereocenters. The number of benzene rings is 2. The summed E-state index contributed by atoms with van der Waals surface area (Å²) in [5.74, 6) is 0.699. The van der Waals surface area contributed by atoms with Crippen molar-refractivity contribution in [2.45, 2.75) is 26.2 Å². The second kappa shape index (κ2) is 9.13. The molecule has 2 aromatic heterocycles. The fraction of sp³-hybridized carbons (Fsp3) is 0.259. The minimum atomic E-state index is 0.0694. The molecule has 32 heavy (non-hydrogen) atoms. The van der Waals surface area contributed by atoms with E-state index in [0.717, 1.165) is 54.2 Å². The average molecular weight is 442 g/mol. The Bertz CT molecular complexity index is 1190. The molecule has 0 saturated carbocycles. The van der Waals surface area contributed by atoms with E-state index in [2.05, 4.69) is 55.5 Å². The van der Waals surface area contributed by atoms with Crippen LogP contribution in [0.25, 0.3) is 16.3 Å². The van der Waals surface area contributed by atoms with Crippen LogP contribution in [0.3, 0.4) is 0 Å². The smallest absolute Gasteiger partial charge is 0.272 e. The molecule has 4 aromatic rings. The molecule has 1 fully saturated rings. The van der Waals surface area contributed by atoms with E-state index >= 15 is 0 Å². The van der Waals surface area contributed by atoms with Gasteiger partial charge in [-0.1, -0.05) is 48.5 Å². The van der Waals surface area contributed by atoms with E-state index in [1.807, 2.05) is 39.2 Å². The van der Waals surface area contributed by atoms with Gasteiger partial charge < -0.3 is 4.90 Å². The SMILES string of the molecule is Cc1cccc(-n2nc(-c3cccs3)cc2C(=O)N2CCC(Cc3ccccc3)CC2)c1. The predicted octanol–water partition coefficient (Wildman–Crippen LogP) is 6.00. The third-order valence-corrected chi connectivity index (χ3v) is 7.11. The molecule has 3 heterocycles. The normalized spacial score (nSPS) is 14.6. The molecule has 1 amide bonds. The topological polar surface area (TPSA) is 38.1 Å². The number of carbonyl (C=O) groups is 1. The standard InChI is InChI=1S/C27H27N3OS/c1-20-7-5-10-23(17-20)30-25(19-24(28-30)26-11-6-16-32-26)27(31)29-14-12-22(13-15-29)18-21-8-3-2-4-9-21/h2-11,16-17,19,22H,12-15,18H2,1H3. The molecular formula is C27H27N3OS. The Morgan fingerprint density at radius 2 is 1.81 bits per heavy atom. The summed E-state index contributed by atoms with van der Waals surface area (Å²) in [6, 6.07) is 24.9. The lowest BCUT2D eigenvalue weighted by Crippen LogP contribution is -2.39. The van der Waals surface area contributed by atoms with Gasteiger partial charge in [-0.3, -0.25) is 4.79 Å². The summed E-state index contributed by atoms with van der Waals surface area (Å²) < 4.78 is 1.82. The van der Waals surface area contributed by atoms with E-state index < -0.39 is 0 Å². The molecule has 5 heteroatoms. The maximum absolute atomic E-state index is 13.6. The molecule has 0 aliphatic carbocycles. The molecule has 4 nitrogen and oxygen atoms in total. The van der Waals surface area contributed by atoms with Gasteiger partial charge in [0.25, 0.3) is 5.91 Å². The summed E-state index contributed by atoms with van der Waals surface area (Å²) in [5, 5.41) is 6.87. The molecule has 1 aliphatic heterocycles. The fourth-order valence-electron chi connectivity index (χ4n) is 4.48. The molecule has 0 radical (unpaired) electrons. The van der Waals surface area contributed by atoms with Crippen molar-refractivity contribution in [2.24, 2.45) is 5.92 Å². The Morgan fingerprint density at radius 1 is 1.00 bits per heavy atom. The van der Waals surface area contributed by atoms with Crippen molar-refractivity contribution in [1.29, 1.82) is 0 Å². The van der Waals surface area contributed by atoms with Gasteiger partial charge in [0.15, 0.2) is 0 Å². The van der Waals surface area contributed by atoms with Crippen molar-refractivity contribution in [3.8, 4) is 16.3 Å². The lowest BCUT2D eigenvalue weighted by molar-refractivity contribution is 0.0681. The minimum Gasteiger partial charge on any atom is -0.337 e. The minimum absolute atomic E-state index is 0.0694. The molecule has 162 valence electrons. The third-order valence-electron chi connectivity index (χ3n) is 6.22. The number of rotatable bonds is 5. The van der Waals surface area contributed by atoms with Crippen LogP contribution in [0.1, 0.15) is 34.5 Å². The quantitative estimate of drug-likeness (QED) is 0.381. The highest BCUT2D eigenvalue weighted by atomic mass is 32.1. The zero-order valence-electron chi connectivity index (χ0n) is 18.3. The second-order valence-corrected chi connectivity index (χ2v) is 9.52. The van der Waals surface area contributed by atoms with Crippen molar-refractivity contribution < 1.29 is 4.79 Å². The number of piperidine rings is 1. The fourth-order valence-corrected chi connectivity index (χ4v) is 5.17. The number of nitrogens with zero attached hydrogens (tertiary/aromatic N) is 3. The Morgan fingerprint density at radius 3 is 2.53 bits per heavy atom. The van der Waals surface area contributed by atoms with Crippen molar-refractivity contribution in [3.05, 3.63) is 95.0 Å². The van der Waals surface area contributed by atoms with E-state index in [1.165, 1.54) is 5.56 Å². The molecule has 1 saturated heterocycles. The summed E-state index contributed by atoms with van der Waals surface area (Å²) in [6.45, 7) is 3.65. The lowest BCUT2D eigenvalue weighted by Gasteiger charge is -2.32. The Balaban J connectivity index is 1.37. The summed E-state index contributed by atoms with van der Waals surface area (Å²) >= 11 is 1.64. The lowest BCUT2D eigenvalue weighted by atomic mass is 9.90. The molecular weight excluding hydrogens is 414 g/mol. The van der Waals surface area contributed by atoms with Crippen molar-refractivity contribution >= 4 is 17.2 Å². The zero-order valence-corrected chi connectivity index (χ0v) is 19.1. The van der Waals surface area contributed by atoms with Crippen LogP contribution in [0.15, 0.2) is 78.2 Å². The molecule has 0 N–H and O–H groups in total. The van der Waals surface area contributed by atoms with Crippen molar-refractivity contribution in [2.75, 3.05) is 13.1 Å². The van der Waals surface area contributed by atoms with Gasteiger partial charge in [0.1, 0.15) is 11.4 Å². The van der Waals surface area contributed by atoms with Gasteiger partial charge >= 0.3 is 0 Å². The van der Waals surface area contributed by atoms with E-state index in [0.29, 0.717) is 11.6 Å². The van der Waals surface area contributed by atoms with Gasteiger partial charge in [-0.25, -0.2) is 4.68 Å². The van der Waals surface area contributed by atoms with Crippen LogP contribution in [0.5, 0.6) is 0 Å². The number of likely N-dealkylation sites (tertiary alicyclic amines) is 1. The maximum atomic E-state index is 13.6. The second-order valence-electron chi connectivity index (χ2n) is 8.57. The van der Waals surface area contributed by atoms with Gasteiger partial charge in [-0.15, -0.1) is 11.3 Å². The molecule has 2 aromatic carbocycles. The van der Waals surface area contributed by atoms with E-state index in [9.17, 15) is 4.79 Å². The number of hydrogen-bond acceptors (Lipinski definition) is 3. The number of carbonyl (C=O) groups excluding carboxylic acids is 1. The van der Waals surface area contributed by atoms with Crippen LogP contribution in [-0.2, 0) is 6.42 Å². The van der Waals surface area contributed by atoms with E-state index in [1.54, 1.807) is 11.3 Å². The molecule has 5 rings (SSSR count). The van der Waals surface area contributed by atoms with Crippen molar-refractivity contribution in [1.82, 2.24) is 14.7 Å². The molecule has 0 bridgehead atoms. The summed E-state index contributed by atoms with van der Waals surface area (Å²) in [5.41, 5.74) is 4.95. The first-order valence-electron chi connectivity index (χ1n) is 11.2. The Kier molecular flexibility index (Phi) is 5.91. The van der Waals surface area contributed by atoms with Crippen LogP contribution in [0.2, 0.25) is 0 Å². The summed E-state index contributed by atoms with van der Waals surface area (Å²) in [7, 11) is 0.